The number of thiol groups is 1. The van der Waals surface area contributed by atoms with Crippen molar-refractivity contribution >= 4 is 77.7 Å². The minimum Gasteiger partial charge on any atom is -0.431 e. The van der Waals surface area contributed by atoms with E-state index in [1.165, 1.54) is 34.4 Å². The molecule has 3 aliphatic heterocycles. The van der Waals surface area contributed by atoms with Gasteiger partial charge in [-0.1, -0.05) is 12.2 Å². The third-order valence-electron chi connectivity index (χ3n) is 8.99. The van der Waals surface area contributed by atoms with Crippen LogP contribution in [0.5, 0.6) is 0 Å². The number of carbonyl (C=O) groups excluding carboxylic acids is 1. The number of anilines is 2. The van der Waals surface area contributed by atoms with E-state index in [0.717, 1.165) is 12.8 Å². The lowest BCUT2D eigenvalue weighted by atomic mass is 10.1. The van der Waals surface area contributed by atoms with Crippen molar-refractivity contribution in [1.29, 1.82) is 0 Å². The van der Waals surface area contributed by atoms with Gasteiger partial charge >= 0.3 is 19.7 Å². The van der Waals surface area contributed by atoms with Crippen molar-refractivity contribution in [1.82, 2.24) is 39.0 Å². The summed E-state index contributed by atoms with van der Waals surface area (Å²) in [6.45, 7) is -9.98. The Hall–Kier alpha value is -3.15. The molecule has 8 rings (SSSR count). The molecule has 3 saturated heterocycles. The second-order valence-electron chi connectivity index (χ2n) is 12.3. The second-order valence-corrected chi connectivity index (χ2v) is 17.9. The molecule has 26 heteroatoms. The number of nitrogen functional groups attached to an aromatic ring is 2. The first-order valence-electron chi connectivity index (χ1n) is 15.9. The van der Waals surface area contributed by atoms with E-state index in [1.807, 2.05) is 0 Å². The van der Waals surface area contributed by atoms with E-state index in [4.69, 9.17) is 60.3 Å². The highest BCUT2D eigenvalue weighted by Crippen LogP contribution is 2.58. The monoisotopic (exact) mass is 804 g/mol. The first-order valence-corrected chi connectivity index (χ1v) is 21.2. The number of nitrogens with two attached hydrogens (primary N) is 2. The number of halogens is 1. The van der Waals surface area contributed by atoms with Crippen LogP contribution in [0, 0.1) is 0 Å². The average Bonchev–Trinajstić information content (AvgIpc) is 3.93. The third-order valence-corrected chi connectivity index (χ3v) is 12.2. The van der Waals surface area contributed by atoms with Gasteiger partial charge in [-0.15, -0.1) is 0 Å². The molecule has 4 aliphatic rings. The summed E-state index contributed by atoms with van der Waals surface area (Å²) in [6, 6.07) is 0. The maximum Gasteiger partial charge on any atom is 0.509 e. The zero-order valence-electron chi connectivity index (χ0n) is 26.6. The van der Waals surface area contributed by atoms with E-state index in [1.54, 1.807) is 0 Å². The van der Waals surface area contributed by atoms with Crippen LogP contribution in [0.15, 0.2) is 25.3 Å². The van der Waals surface area contributed by atoms with Crippen molar-refractivity contribution < 1.29 is 55.7 Å². The number of aromatic nitrogens is 8. The highest BCUT2D eigenvalue weighted by atomic mass is 32.7. The molecule has 280 valence electrons. The molecular weight excluding hydrogens is 773 g/mol. The van der Waals surface area contributed by atoms with Gasteiger partial charge in [0.1, 0.15) is 54.2 Å². The van der Waals surface area contributed by atoms with Gasteiger partial charge in [0.2, 0.25) is 0 Å². The molecule has 0 amide bonds. The summed E-state index contributed by atoms with van der Waals surface area (Å²) >= 11 is 9.49. The molecule has 4 aromatic heterocycles. The number of imidazole rings is 2. The second kappa shape index (κ2) is 13.9. The molecule has 1 aliphatic carbocycles. The maximum absolute atomic E-state index is 16.2. The molecule has 0 bridgehead atoms. The number of carbonyl (C=O) groups is 1. The van der Waals surface area contributed by atoms with E-state index in [9.17, 15) is 14.3 Å². The summed E-state index contributed by atoms with van der Waals surface area (Å²) in [6.07, 6.45) is -5.25. The molecule has 1 saturated carbocycles. The number of nitrogens with zero attached hydrogens (tertiary/aromatic N) is 8. The molecule has 0 aromatic carbocycles. The number of ether oxygens (including phenoxy) is 4. The number of hydrogen-bond acceptors (Lipinski definition) is 19. The van der Waals surface area contributed by atoms with E-state index >= 15 is 4.39 Å². The van der Waals surface area contributed by atoms with Crippen LogP contribution in [-0.4, -0.2) is 106 Å². The summed E-state index contributed by atoms with van der Waals surface area (Å²) < 4.78 is 79.0. The summed E-state index contributed by atoms with van der Waals surface area (Å²) in [5, 5.41) is 0. The molecule has 7 heterocycles. The van der Waals surface area contributed by atoms with Gasteiger partial charge in [0.15, 0.2) is 47.7 Å². The fourth-order valence-electron chi connectivity index (χ4n) is 6.59. The fraction of sp³-hybridized carbons (Fsp3) is 0.577. The molecule has 0 spiro atoms. The lowest BCUT2D eigenvalue weighted by molar-refractivity contribution is -0.0674. The minimum absolute atomic E-state index is 0.0531. The number of rotatable bonds is 4. The topological polar surface area (TPSA) is 267 Å². The van der Waals surface area contributed by atoms with Gasteiger partial charge in [-0.05, 0) is 37.5 Å². The molecule has 10 atom stereocenters. The van der Waals surface area contributed by atoms with Gasteiger partial charge < -0.3 is 39.8 Å². The van der Waals surface area contributed by atoms with Crippen LogP contribution < -0.4 is 11.5 Å². The van der Waals surface area contributed by atoms with Crippen molar-refractivity contribution in [3.05, 3.63) is 25.3 Å². The summed E-state index contributed by atoms with van der Waals surface area (Å²) in [4.78, 5) is 49.1. The molecule has 3 unspecified atom stereocenters. The molecule has 52 heavy (non-hydrogen) atoms. The van der Waals surface area contributed by atoms with E-state index in [-0.39, 0.29) is 40.1 Å². The Kier molecular flexibility index (Phi) is 9.60. The predicted octanol–water partition coefficient (Wildman–Crippen LogP) is 2.50. The molecule has 4 aromatic rings. The Morgan fingerprint density at radius 3 is 2.12 bits per heavy atom. The largest absolute Gasteiger partial charge is 0.509 e. The molecular formula is C26H31FN10O11P2S2. The third kappa shape index (κ3) is 6.86. The van der Waals surface area contributed by atoms with Crippen LogP contribution in [0.3, 0.4) is 0 Å². The van der Waals surface area contributed by atoms with Crippen molar-refractivity contribution in [2.75, 3.05) is 24.7 Å². The van der Waals surface area contributed by atoms with Crippen LogP contribution in [-0.2, 0) is 53.4 Å². The quantitative estimate of drug-likeness (QED) is 0.131. The van der Waals surface area contributed by atoms with Crippen LogP contribution in [0.4, 0.5) is 20.8 Å². The molecule has 0 radical (unpaired) electrons. The maximum atomic E-state index is 16.2. The van der Waals surface area contributed by atoms with E-state index < -0.39 is 82.0 Å². The zero-order chi connectivity index (χ0) is 36.4. The van der Waals surface area contributed by atoms with Gasteiger partial charge in [0.25, 0.3) is 0 Å². The van der Waals surface area contributed by atoms with Crippen molar-refractivity contribution in [2.45, 2.75) is 80.9 Å². The first-order chi connectivity index (χ1) is 24.9. The standard InChI is InChI=1S/C26H31FN10O11P2S2/c27-14-17-12(44-24(14)36-9-34-15-20(28)30-7-32-22(15)36)5-41-50(40,52)48-18-13(6-42-49(39,51)47-17)45-25(19(18)46-26(38)43-11-3-1-2-4-11)37-10-35-16-21(29)31-8-33-23(16)37/h7-14,17-19,24-25H,1-6H2,(H,39,51)(H,40,52)(H2,28,30,32)(H2,29,31,33)/t12-,13?,14-,17-,18-,19-,24-,25-,49?,50?/m1/s1. The van der Waals surface area contributed by atoms with E-state index in [2.05, 4.69) is 42.2 Å². The highest BCUT2D eigenvalue weighted by Gasteiger charge is 2.55. The minimum atomic E-state index is -4.43. The van der Waals surface area contributed by atoms with Crippen LogP contribution in [0.2, 0.25) is 0 Å². The van der Waals surface area contributed by atoms with Gasteiger partial charge in [0.05, 0.1) is 25.9 Å². The Balaban J connectivity index is 1.10. The van der Waals surface area contributed by atoms with Crippen LogP contribution in [0.25, 0.3) is 22.3 Å². The number of fused-ring (bicyclic) bond motifs is 4. The number of alkyl halides is 1. The van der Waals surface area contributed by atoms with Crippen LogP contribution >= 0.6 is 25.8 Å². The SMILES string of the molecule is Nc1ncnc2c1ncn2[C@@H]1O[C@@H]2COP(O)(=S)O[C@@H]3C(COP(=O)(S)O[C@H]2[C@H]1F)O[C@@H](n1cnc2c(N)ncnc21)[C@@H]3OC(=O)OC1CCCC1. The summed E-state index contributed by atoms with van der Waals surface area (Å²) in [5.74, 6) is 0.121. The van der Waals surface area contributed by atoms with Gasteiger partial charge in [-0.3, -0.25) is 22.7 Å². The normalized spacial score (nSPS) is 35.9. The van der Waals surface area contributed by atoms with Gasteiger partial charge in [0, 0.05) is 0 Å². The smallest absolute Gasteiger partial charge is 0.431 e. The van der Waals surface area contributed by atoms with Gasteiger partial charge in [-0.2, -0.15) is 0 Å². The van der Waals surface area contributed by atoms with Crippen molar-refractivity contribution in [3.8, 4) is 0 Å². The average molecular weight is 805 g/mol. The lowest BCUT2D eigenvalue weighted by Crippen LogP contribution is -2.40. The Morgan fingerprint density at radius 1 is 0.885 bits per heavy atom. The van der Waals surface area contributed by atoms with Crippen molar-refractivity contribution in [2.24, 2.45) is 0 Å². The molecule has 4 fully saturated rings. The van der Waals surface area contributed by atoms with Gasteiger partial charge in [-0.25, -0.2) is 43.7 Å². The van der Waals surface area contributed by atoms with Crippen molar-refractivity contribution in [3.63, 3.8) is 0 Å². The number of hydrogen-bond donors (Lipinski definition) is 4. The first kappa shape index (κ1) is 35.9. The molecule has 5 N–H and O–H groups in total. The van der Waals surface area contributed by atoms with Crippen LogP contribution in [0.1, 0.15) is 38.1 Å². The predicted molar refractivity (Wildman–Crippen MR) is 181 cm³/mol. The summed E-state index contributed by atoms with van der Waals surface area (Å²) in [5.41, 5.74) is 12.6. The lowest BCUT2D eigenvalue weighted by Gasteiger charge is -2.30. The highest BCUT2D eigenvalue weighted by molar-refractivity contribution is 8.44. The Labute approximate surface area is 302 Å². The zero-order valence-corrected chi connectivity index (χ0v) is 30.1. The van der Waals surface area contributed by atoms with E-state index in [0.29, 0.717) is 12.8 Å². The Morgan fingerprint density at radius 2 is 1.46 bits per heavy atom. The summed E-state index contributed by atoms with van der Waals surface area (Å²) in [7, 11) is 0. The molecule has 21 nitrogen and oxygen atoms in total. The fourth-order valence-corrected chi connectivity index (χ4v) is 9.52. The Bertz CT molecular complexity index is 2090.